The van der Waals surface area contributed by atoms with Gasteiger partial charge in [0.2, 0.25) is 0 Å². The summed E-state index contributed by atoms with van der Waals surface area (Å²) in [7, 11) is 0. The van der Waals surface area contributed by atoms with E-state index in [1.165, 1.54) is 5.56 Å². The first-order valence-corrected chi connectivity index (χ1v) is 8.44. The zero-order chi connectivity index (χ0) is 15.8. The number of aryl methyl sites for hydroxylation is 1. The Bertz CT molecular complexity index is 853. The first kappa shape index (κ1) is 14.1. The number of pyridine rings is 1. The Hall–Kier alpha value is -2.47. The molecule has 0 N–H and O–H groups in total. The van der Waals surface area contributed by atoms with Gasteiger partial charge in [-0.05, 0) is 30.0 Å². The summed E-state index contributed by atoms with van der Waals surface area (Å²) in [5.74, 6) is 0.957. The normalized spacial score (nSPS) is 13.9. The number of rotatable bonds is 2. The first-order valence-electron chi connectivity index (χ1n) is 7.50. The lowest BCUT2D eigenvalue weighted by molar-refractivity contribution is 0.0707. The molecule has 1 aliphatic heterocycles. The van der Waals surface area contributed by atoms with Crippen LogP contribution in [0.3, 0.4) is 0 Å². The van der Waals surface area contributed by atoms with Gasteiger partial charge in [-0.3, -0.25) is 9.78 Å². The van der Waals surface area contributed by atoms with E-state index >= 15 is 0 Å². The summed E-state index contributed by atoms with van der Waals surface area (Å²) in [4.78, 5) is 23.1. The number of carbonyl (C=O) groups excluding carboxylic acids is 1. The molecule has 5 nitrogen and oxygen atoms in total. The van der Waals surface area contributed by atoms with Gasteiger partial charge >= 0.3 is 0 Å². The molecule has 0 aliphatic carbocycles. The molecule has 0 saturated carbocycles. The lowest BCUT2D eigenvalue weighted by atomic mass is 10.2. The summed E-state index contributed by atoms with van der Waals surface area (Å²) in [6.07, 6.45) is 5.29. The van der Waals surface area contributed by atoms with Gasteiger partial charge in [0.05, 0.1) is 24.0 Å². The van der Waals surface area contributed by atoms with Crippen LogP contribution in [0.25, 0.3) is 11.3 Å². The molecule has 6 heteroatoms. The van der Waals surface area contributed by atoms with Gasteiger partial charge in [0.25, 0.3) is 5.91 Å². The quantitative estimate of drug-likeness (QED) is 0.728. The lowest BCUT2D eigenvalue weighted by Crippen LogP contribution is -2.38. The molecular weight excluding hydrogens is 308 g/mol. The van der Waals surface area contributed by atoms with E-state index in [-0.39, 0.29) is 5.91 Å². The van der Waals surface area contributed by atoms with Gasteiger partial charge in [-0.25, -0.2) is 4.98 Å². The number of fused-ring (bicyclic) bond motifs is 1. The topological polar surface area (TPSA) is 51.0 Å². The highest BCUT2D eigenvalue weighted by Crippen LogP contribution is 2.26. The summed E-state index contributed by atoms with van der Waals surface area (Å²) >= 11 is 1.68. The zero-order valence-electron chi connectivity index (χ0n) is 12.8. The van der Waals surface area contributed by atoms with E-state index in [4.69, 9.17) is 0 Å². The number of nitrogens with zero attached hydrogens (tertiary/aromatic N) is 4. The van der Waals surface area contributed by atoms with Gasteiger partial charge in [-0.1, -0.05) is 0 Å². The maximum absolute atomic E-state index is 12.6. The summed E-state index contributed by atoms with van der Waals surface area (Å²) < 4.78 is 2.21. The fourth-order valence-electron chi connectivity index (χ4n) is 2.93. The summed E-state index contributed by atoms with van der Waals surface area (Å²) in [6.45, 7) is 3.94. The molecule has 3 aromatic rings. The van der Waals surface area contributed by atoms with Crippen molar-refractivity contribution >= 4 is 17.2 Å². The molecule has 0 spiro atoms. The summed E-state index contributed by atoms with van der Waals surface area (Å²) in [5.41, 5.74) is 3.96. The number of aromatic nitrogens is 3. The van der Waals surface area contributed by atoms with Crippen LogP contribution < -0.4 is 0 Å². The first-order chi connectivity index (χ1) is 11.2. The molecule has 0 fully saturated rings. The molecule has 0 bridgehead atoms. The van der Waals surface area contributed by atoms with Crippen LogP contribution in [0.1, 0.15) is 21.7 Å². The van der Waals surface area contributed by atoms with Crippen LogP contribution >= 0.6 is 11.3 Å². The predicted molar refractivity (Wildman–Crippen MR) is 89.3 cm³/mol. The number of amides is 1. The maximum atomic E-state index is 12.6. The van der Waals surface area contributed by atoms with Crippen molar-refractivity contribution in [2.45, 2.75) is 20.0 Å². The molecule has 0 aromatic carbocycles. The zero-order valence-corrected chi connectivity index (χ0v) is 13.6. The van der Waals surface area contributed by atoms with Crippen molar-refractivity contribution in [1.82, 2.24) is 19.4 Å². The van der Waals surface area contributed by atoms with Crippen LogP contribution in [0.5, 0.6) is 0 Å². The molecular formula is C17H16N4OS. The maximum Gasteiger partial charge on any atom is 0.255 e. The lowest BCUT2D eigenvalue weighted by Gasteiger charge is -2.28. The smallest absolute Gasteiger partial charge is 0.255 e. The monoisotopic (exact) mass is 324 g/mol. The molecule has 0 atom stereocenters. The van der Waals surface area contributed by atoms with Crippen LogP contribution in [0.4, 0.5) is 0 Å². The van der Waals surface area contributed by atoms with E-state index in [1.807, 2.05) is 24.1 Å². The fourth-order valence-corrected chi connectivity index (χ4v) is 3.58. The van der Waals surface area contributed by atoms with Gasteiger partial charge in [0.1, 0.15) is 5.82 Å². The van der Waals surface area contributed by atoms with Crippen molar-refractivity contribution in [3.8, 4) is 11.3 Å². The Kier molecular flexibility index (Phi) is 3.46. The van der Waals surface area contributed by atoms with Crippen molar-refractivity contribution in [2.24, 2.45) is 0 Å². The highest BCUT2D eigenvalue weighted by atomic mass is 32.1. The largest absolute Gasteiger partial charge is 0.329 e. The van der Waals surface area contributed by atoms with Crippen LogP contribution in [0.15, 0.2) is 41.5 Å². The molecule has 4 heterocycles. The Morgan fingerprint density at radius 3 is 2.96 bits per heavy atom. The number of hydrogen-bond acceptors (Lipinski definition) is 4. The average molecular weight is 324 g/mol. The molecule has 0 radical (unpaired) electrons. The van der Waals surface area contributed by atoms with Gasteiger partial charge in [-0.2, -0.15) is 11.3 Å². The fraction of sp³-hybridized carbons (Fsp3) is 0.235. The average Bonchev–Trinajstić information content (AvgIpc) is 3.22. The SMILES string of the molecule is Cc1cncc(C(=O)N2CCn3c(-c4ccsc4)cnc3C2)c1. The van der Waals surface area contributed by atoms with Crippen LogP contribution in [-0.4, -0.2) is 31.9 Å². The summed E-state index contributed by atoms with van der Waals surface area (Å²) in [6, 6.07) is 3.98. The molecule has 1 amide bonds. The summed E-state index contributed by atoms with van der Waals surface area (Å²) in [5, 5.41) is 4.19. The Balaban J connectivity index is 1.59. The van der Waals surface area contributed by atoms with Gasteiger partial charge in [-0.15, -0.1) is 0 Å². The van der Waals surface area contributed by atoms with E-state index < -0.39 is 0 Å². The molecule has 4 rings (SSSR count). The Morgan fingerprint density at radius 2 is 2.17 bits per heavy atom. The second kappa shape index (κ2) is 5.62. The standard InChI is InChI=1S/C17H16N4OS/c1-12-6-14(8-18-7-12)17(22)20-3-4-21-15(9-19-16(21)10-20)13-2-5-23-11-13/h2,5-9,11H,3-4,10H2,1H3. The third kappa shape index (κ3) is 2.55. The molecule has 1 aliphatic rings. The second-order valence-corrected chi connectivity index (χ2v) is 6.48. The van der Waals surface area contributed by atoms with Crippen molar-refractivity contribution < 1.29 is 4.79 Å². The molecule has 0 unspecified atom stereocenters. The van der Waals surface area contributed by atoms with E-state index in [0.29, 0.717) is 18.7 Å². The molecule has 23 heavy (non-hydrogen) atoms. The van der Waals surface area contributed by atoms with Crippen molar-refractivity contribution in [2.75, 3.05) is 6.54 Å². The highest BCUT2D eigenvalue weighted by molar-refractivity contribution is 7.08. The Labute approximate surface area is 138 Å². The van der Waals surface area contributed by atoms with E-state index in [9.17, 15) is 4.79 Å². The third-order valence-corrected chi connectivity index (χ3v) is 4.77. The van der Waals surface area contributed by atoms with Crippen LogP contribution in [0, 0.1) is 6.92 Å². The van der Waals surface area contributed by atoms with E-state index in [1.54, 1.807) is 23.7 Å². The molecule has 0 saturated heterocycles. The van der Waals surface area contributed by atoms with Gasteiger partial charge in [0.15, 0.2) is 0 Å². The minimum Gasteiger partial charge on any atom is -0.329 e. The van der Waals surface area contributed by atoms with Crippen molar-refractivity contribution in [3.05, 3.63) is 58.4 Å². The van der Waals surface area contributed by atoms with Gasteiger partial charge < -0.3 is 9.47 Å². The number of hydrogen-bond donors (Lipinski definition) is 0. The van der Waals surface area contributed by atoms with Crippen molar-refractivity contribution in [1.29, 1.82) is 0 Å². The van der Waals surface area contributed by atoms with E-state index in [2.05, 4.69) is 31.4 Å². The van der Waals surface area contributed by atoms with Gasteiger partial charge in [0, 0.05) is 36.4 Å². The Morgan fingerprint density at radius 1 is 1.26 bits per heavy atom. The number of thiophene rings is 1. The minimum atomic E-state index is 0.0209. The number of imidazole rings is 1. The highest BCUT2D eigenvalue weighted by Gasteiger charge is 2.24. The third-order valence-electron chi connectivity index (χ3n) is 4.09. The van der Waals surface area contributed by atoms with E-state index in [0.717, 1.165) is 23.6 Å². The van der Waals surface area contributed by atoms with Crippen LogP contribution in [-0.2, 0) is 13.1 Å². The number of carbonyl (C=O) groups is 1. The second-order valence-electron chi connectivity index (χ2n) is 5.70. The minimum absolute atomic E-state index is 0.0209. The molecule has 3 aromatic heterocycles. The van der Waals surface area contributed by atoms with Crippen molar-refractivity contribution in [3.63, 3.8) is 0 Å². The molecule has 116 valence electrons. The van der Waals surface area contributed by atoms with Crippen LogP contribution in [0.2, 0.25) is 0 Å². The predicted octanol–water partition coefficient (Wildman–Crippen LogP) is 2.97.